The van der Waals surface area contributed by atoms with E-state index in [1.54, 1.807) is 12.5 Å². The summed E-state index contributed by atoms with van der Waals surface area (Å²) in [5.41, 5.74) is 2.43. The molecule has 1 N–H and O–H groups in total. The quantitative estimate of drug-likeness (QED) is 0.127. The number of esters is 3. The van der Waals surface area contributed by atoms with Crippen molar-refractivity contribution < 1.29 is 48.0 Å². The molecule has 0 aromatic carbocycles. The highest BCUT2D eigenvalue weighted by Crippen LogP contribution is 2.72. The van der Waals surface area contributed by atoms with Crippen LogP contribution in [0.4, 0.5) is 0 Å². The lowest BCUT2D eigenvalue weighted by Gasteiger charge is -2.67. The minimum Gasteiger partial charge on any atom is -0.481 e. The topological polar surface area (TPSA) is 135 Å². The molecule has 12 atom stereocenters. The minimum atomic E-state index is -1.12. The summed E-state index contributed by atoms with van der Waals surface area (Å²) in [6.07, 6.45) is 5.15. The summed E-state index contributed by atoms with van der Waals surface area (Å²) in [5, 5.41) is 10.6. The molecule has 1 saturated heterocycles. The van der Waals surface area contributed by atoms with E-state index in [1.165, 1.54) is 26.3 Å². The fourth-order valence-corrected chi connectivity index (χ4v) is 12.7. The second-order valence-electron chi connectivity index (χ2n) is 18.9. The molecule has 10 nitrogen and oxygen atoms in total. The minimum absolute atomic E-state index is 0.0418. The van der Waals surface area contributed by atoms with Gasteiger partial charge in [-0.2, -0.15) is 0 Å². The Kier molecular flexibility index (Phi) is 9.86. The predicted molar refractivity (Wildman–Crippen MR) is 188 cm³/mol. The number of hydrogen-bond acceptors (Lipinski definition) is 9. The zero-order valence-electron chi connectivity index (χ0n) is 32.6. The van der Waals surface area contributed by atoms with Gasteiger partial charge in [0.25, 0.3) is 0 Å². The molecule has 5 aliphatic carbocycles. The Balaban J connectivity index is 1.27. The first kappa shape index (κ1) is 38.3. The van der Waals surface area contributed by atoms with Crippen LogP contribution in [0.25, 0.3) is 0 Å². The first-order chi connectivity index (χ1) is 23.7. The van der Waals surface area contributed by atoms with Crippen molar-refractivity contribution in [3.05, 3.63) is 11.1 Å². The van der Waals surface area contributed by atoms with E-state index in [-0.39, 0.29) is 33.7 Å². The van der Waals surface area contributed by atoms with Crippen molar-refractivity contribution in [2.45, 2.75) is 177 Å². The number of carboxylic acid groups (broad SMARTS) is 1. The predicted octanol–water partition coefficient (Wildman–Crippen LogP) is 7.55. The number of carbonyl (C=O) groups is 4. The van der Waals surface area contributed by atoms with Gasteiger partial charge in [-0.25, -0.2) is 0 Å². The van der Waals surface area contributed by atoms with E-state index < -0.39 is 60.0 Å². The molecule has 51 heavy (non-hydrogen) atoms. The van der Waals surface area contributed by atoms with Gasteiger partial charge in [-0.05, 0) is 117 Å². The van der Waals surface area contributed by atoms with E-state index in [1.807, 2.05) is 0 Å². The van der Waals surface area contributed by atoms with Gasteiger partial charge < -0.3 is 28.8 Å². The molecule has 1 aliphatic heterocycles. The Morgan fingerprint density at radius 3 is 1.98 bits per heavy atom. The molecule has 0 aromatic heterocycles. The molecule has 6 rings (SSSR count). The summed E-state index contributed by atoms with van der Waals surface area (Å²) in [4.78, 5) is 49.6. The molecule has 0 amide bonds. The maximum atomic E-state index is 12.9. The number of fused-ring (bicyclic) bond motifs is 6. The SMILES string of the molecule is CC(=O)O[C@@H]1[C@@H](OC(C)=O)[C@H](O[C@H]2CC[C@]3(C)[C@H]4CCC5=C(CC[C@@]6(C(=O)O)CCC(C)(C)C[C@@H]56)[C@]4(C)CC[C@H]3C2(C)C)O[C@H](C)[C@H]1OC(C)=O. The Bertz CT molecular complexity index is 1460. The van der Waals surface area contributed by atoms with Crippen LogP contribution in [0, 0.1) is 44.8 Å². The second kappa shape index (κ2) is 13.1. The second-order valence-corrected chi connectivity index (χ2v) is 18.9. The molecule has 0 spiro atoms. The number of carboxylic acids is 1. The summed E-state index contributed by atoms with van der Waals surface area (Å²) in [6.45, 7) is 19.8. The third-order valence-corrected chi connectivity index (χ3v) is 15.0. The van der Waals surface area contributed by atoms with Gasteiger partial charge in [-0.3, -0.25) is 19.2 Å². The summed E-state index contributed by atoms with van der Waals surface area (Å²) in [6, 6.07) is 0. The van der Waals surface area contributed by atoms with E-state index in [2.05, 4.69) is 41.5 Å². The summed E-state index contributed by atoms with van der Waals surface area (Å²) in [7, 11) is 0. The number of hydrogen-bond donors (Lipinski definition) is 1. The summed E-state index contributed by atoms with van der Waals surface area (Å²) in [5.74, 6) is -1.37. The Labute approximate surface area is 304 Å². The number of carbonyl (C=O) groups excluding carboxylic acids is 3. The fourth-order valence-electron chi connectivity index (χ4n) is 12.7. The van der Waals surface area contributed by atoms with Crippen LogP contribution in [0.1, 0.15) is 140 Å². The van der Waals surface area contributed by atoms with Gasteiger partial charge in [0.15, 0.2) is 24.6 Å². The van der Waals surface area contributed by atoms with Gasteiger partial charge >= 0.3 is 23.9 Å². The first-order valence-electron chi connectivity index (χ1n) is 19.4. The van der Waals surface area contributed by atoms with Gasteiger partial charge in [-0.15, -0.1) is 0 Å². The van der Waals surface area contributed by atoms with Crippen molar-refractivity contribution >= 4 is 23.9 Å². The van der Waals surface area contributed by atoms with Crippen LogP contribution in [0.15, 0.2) is 11.1 Å². The molecule has 4 fully saturated rings. The summed E-state index contributed by atoms with van der Waals surface area (Å²) >= 11 is 0. The van der Waals surface area contributed by atoms with Gasteiger partial charge in [-0.1, -0.05) is 52.7 Å². The van der Waals surface area contributed by atoms with Gasteiger partial charge in [0.05, 0.1) is 17.6 Å². The molecule has 6 aliphatic rings. The number of allylic oxidation sites excluding steroid dienone is 2. The van der Waals surface area contributed by atoms with E-state index in [9.17, 15) is 24.3 Å². The van der Waals surface area contributed by atoms with Gasteiger partial charge in [0.2, 0.25) is 0 Å². The molecule has 0 aromatic rings. The molecule has 10 heteroatoms. The average molecular weight is 715 g/mol. The first-order valence-corrected chi connectivity index (χ1v) is 19.4. The van der Waals surface area contributed by atoms with Crippen LogP contribution in [0.5, 0.6) is 0 Å². The zero-order valence-corrected chi connectivity index (χ0v) is 32.6. The highest BCUT2D eigenvalue weighted by molar-refractivity contribution is 5.76. The van der Waals surface area contributed by atoms with Crippen LogP contribution in [0.3, 0.4) is 0 Å². The third kappa shape index (κ3) is 6.36. The van der Waals surface area contributed by atoms with Crippen molar-refractivity contribution in [2.75, 3.05) is 0 Å². The van der Waals surface area contributed by atoms with Crippen LogP contribution in [0.2, 0.25) is 0 Å². The fraction of sp³-hybridized carbons (Fsp3) is 0.854. The van der Waals surface area contributed by atoms with E-state index in [4.69, 9.17) is 23.7 Å². The van der Waals surface area contributed by atoms with E-state index >= 15 is 0 Å². The molecule has 0 bridgehead atoms. The van der Waals surface area contributed by atoms with Gasteiger partial charge in [0.1, 0.15) is 0 Å². The normalized spacial score (nSPS) is 44.1. The van der Waals surface area contributed by atoms with Gasteiger partial charge in [0, 0.05) is 20.8 Å². The highest BCUT2D eigenvalue weighted by atomic mass is 16.7. The maximum Gasteiger partial charge on any atom is 0.310 e. The standard InChI is InChI=1S/C41H62O10/c1-22-32(48-23(2)42)33(49-24(3)43)34(50-25(4)44)35(47-22)51-31-15-17-40(10)29(38(31,7)8)14-16-39(9)27-13-18-41(36(45)46)20-19-37(5,6)21-28(41)26(27)11-12-30(39)40/h22,28-35H,11-21H2,1-10H3,(H,45,46)/t22-,28+,29+,30+,31+,32-,33+,34-,35+,39+,40+,41-/m1/s1. The summed E-state index contributed by atoms with van der Waals surface area (Å²) < 4.78 is 30.1. The molecule has 286 valence electrons. The van der Waals surface area contributed by atoms with Crippen molar-refractivity contribution in [3.63, 3.8) is 0 Å². The van der Waals surface area contributed by atoms with Crippen molar-refractivity contribution in [2.24, 2.45) is 44.8 Å². The van der Waals surface area contributed by atoms with Crippen LogP contribution in [-0.4, -0.2) is 65.8 Å². The Morgan fingerprint density at radius 2 is 1.35 bits per heavy atom. The molecular formula is C41H62O10. The monoisotopic (exact) mass is 714 g/mol. The number of ether oxygens (including phenoxy) is 5. The Morgan fingerprint density at radius 1 is 0.725 bits per heavy atom. The van der Waals surface area contributed by atoms with Crippen LogP contribution in [-0.2, 0) is 42.9 Å². The number of rotatable bonds is 6. The maximum absolute atomic E-state index is 12.9. The third-order valence-electron chi connectivity index (χ3n) is 15.0. The molecule has 0 radical (unpaired) electrons. The van der Waals surface area contributed by atoms with Crippen LogP contribution >= 0.6 is 0 Å². The van der Waals surface area contributed by atoms with Crippen molar-refractivity contribution in [3.8, 4) is 0 Å². The lowest BCUT2D eigenvalue weighted by molar-refractivity contribution is -0.326. The van der Waals surface area contributed by atoms with Crippen molar-refractivity contribution in [1.82, 2.24) is 0 Å². The molecular weight excluding hydrogens is 652 g/mol. The highest BCUT2D eigenvalue weighted by Gasteiger charge is 2.65. The average Bonchev–Trinajstić information content (AvgIpc) is 3.00. The molecule has 1 heterocycles. The molecule has 3 saturated carbocycles. The van der Waals surface area contributed by atoms with Crippen molar-refractivity contribution in [1.29, 1.82) is 0 Å². The van der Waals surface area contributed by atoms with Crippen LogP contribution < -0.4 is 0 Å². The largest absolute Gasteiger partial charge is 0.481 e. The lowest BCUT2D eigenvalue weighted by atomic mass is 9.38. The smallest absolute Gasteiger partial charge is 0.310 e. The Hall–Kier alpha value is -2.46. The lowest BCUT2D eigenvalue weighted by Crippen LogP contribution is -2.64. The van der Waals surface area contributed by atoms with E-state index in [0.717, 1.165) is 70.6 Å². The number of aliphatic carboxylic acids is 1. The zero-order chi connectivity index (χ0) is 37.5. The molecule has 0 unspecified atom stereocenters. The van der Waals surface area contributed by atoms with E-state index in [0.29, 0.717) is 11.8 Å².